The smallest absolute Gasteiger partial charge is 0.142 e. The molecule has 2 rings (SSSR count). The summed E-state index contributed by atoms with van der Waals surface area (Å²) in [5.74, 6) is 5.49. The van der Waals surface area contributed by atoms with Crippen LogP contribution in [0.1, 0.15) is 18.0 Å². The molecule has 2 atom stereocenters. The number of nitrogens with one attached hydrogen (secondary N) is 1. The van der Waals surface area contributed by atoms with E-state index in [1.54, 1.807) is 12.1 Å². The van der Waals surface area contributed by atoms with Crippen molar-refractivity contribution in [1.82, 2.24) is 5.43 Å². The zero-order valence-electron chi connectivity index (χ0n) is 8.75. The molecule has 0 spiro atoms. The second kappa shape index (κ2) is 5.23. The Kier molecular flexibility index (Phi) is 3.91. The third kappa shape index (κ3) is 2.27. The number of benzene rings is 1. The van der Waals surface area contributed by atoms with Crippen molar-refractivity contribution in [3.63, 3.8) is 0 Å². The molecular formula is C11H14BrFN2O. The van der Waals surface area contributed by atoms with Gasteiger partial charge in [-0.3, -0.25) is 11.3 Å². The number of halogens is 2. The van der Waals surface area contributed by atoms with E-state index in [1.165, 1.54) is 0 Å². The Morgan fingerprint density at radius 2 is 2.38 bits per heavy atom. The van der Waals surface area contributed by atoms with Crippen molar-refractivity contribution in [3.05, 3.63) is 34.1 Å². The molecule has 1 fully saturated rings. The Morgan fingerprint density at radius 1 is 1.56 bits per heavy atom. The van der Waals surface area contributed by atoms with Gasteiger partial charge < -0.3 is 4.74 Å². The molecule has 1 aromatic carbocycles. The van der Waals surface area contributed by atoms with E-state index in [0.717, 1.165) is 13.0 Å². The van der Waals surface area contributed by atoms with Gasteiger partial charge >= 0.3 is 0 Å². The van der Waals surface area contributed by atoms with Gasteiger partial charge in [0.05, 0.1) is 17.1 Å². The van der Waals surface area contributed by atoms with Gasteiger partial charge in [0, 0.05) is 18.1 Å². The van der Waals surface area contributed by atoms with E-state index in [-0.39, 0.29) is 17.8 Å². The molecule has 3 nitrogen and oxygen atoms in total. The zero-order chi connectivity index (χ0) is 11.5. The molecule has 1 aromatic rings. The molecule has 1 aliphatic heterocycles. The van der Waals surface area contributed by atoms with Crippen molar-refractivity contribution in [2.45, 2.75) is 12.5 Å². The number of hydrogen-bond acceptors (Lipinski definition) is 3. The lowest BCUT2D eigenvalue weighted by Gasteiger charge is -2.22. The monoisotopic (exact) mass is 288 g/mol. The molecule has 1 saturated heterocycles. The summed E-state index contributed by atoms with van der Waals surface area (Å²) in [6.45, 7) is 1.35. The fourth-order valence-electron chi connectivity index (χ4n) is 2.06. The number of rotatable bonds is 3. The first kappa shape index (κ1) is 12.0. The topological polar surface area (TPSA) is 47.3 Å². The van der Waals surface area contributed by atoms with Crippen molar-refractivity contribution >= 4 is 15.9 Å². The summed E-state index contributed by atoms with van der Waals surface area (Å²) < 4.78 is 19.7. The standard InChI is InChI=1S/C11H14BrFN2O/c12-9-3-1-2-8(10(9)13)11(15-14)7-4-5-16-6-7/h1-3,7,11,15H,4-6,14H2. The molecule has 1 heterocycles. The number of nitrogens with two attached hydrogens (primary N) is 1. The summed E-state index contributed by atoms with van der Waals surface area (Å²) in [4.78, 5) is 0. The molecule has 88 valence electrons. The Hall–Kier alpha value is -0.490. The van der Waals surface area contributed by atoms with Gasteiger partial charge in [0.25, 0.3) is 0 Å². The molecule has 2 unspecified atom stereocenters. The number of hydrogen-bond donors (Lipinski definition) is 2. The molecule has 0 saturated carbocycles. The van der Waals surface area contributed by atoms with Gasteiger partial charge in [-0.05, 0) is 28.4 Å². The largest absolute Gasteiger partial charge is 0.381 e. The summed E-state index contributed by atoms with van der Waals surface area (Å²) in [5.41, 5.74) is 3.28. The SMILES string of the molecule is NNC(c1cccc(Br)c1F)C1CCOC1. The molecular weight excluding hydrogens is 275 g/mol. The minimum absolute atomic E-state index is 0.194. The Labute approximate surface area is 102 Å². The molecule has 3 N–H and O–H groups in total. The van der Waals surface area contributed by atoms with Crippen molar-refractivity contribution in [2.75, 3.05) is 13.2 Å². The van der Waals surface area contributed by atoms with E-state index < -0.39 is 0 Å². The van der Waals surface area contributed by atoms with Gasteiger partial charge in [-0.15, -0.1) is 0 Å². The molecule has 0 bridgehead atoms. The first-order chi connectivity index (χ1) is 7.74. The molecule has 0 aliphatic carbocycles. The van der Waals surface area contributed by atoms with Crippen LogP contribution >= 0.6 is 15.9 Å². The lowest BCUT2D eigenvalue weighted by molar-refractivity contribution is 0.176. The summed E-state index contributed by atoms with van der Waals surface area (Å²) in [7, 11) is 0. The molecule has 5 heteroatoms. The van der Waals surface area contributed by atoms with Crippen LogP contribution in [0.5, 0.6) is 0 Å². The highest BCUT2D eigenvalue weighted by atomic mass is 79.9. The average Bonchev–Trinajstić information content (AvgIpc) is 2.79. The van der Waals surface area contributed by atoms with Crippen molar-refractivity contribution in [1.29, 1.82) is 0 Å². The van der Waals surface area contributed by atoms with Crippen LogP contribution < -0.4 is 11.3 Å². The predicted octanol–water partition coefficient (Wildman–Crippen LogP) is 2.13. The lowest BCUT2D eigenvalue weighted by atomic mass is 9.92. The second-order valence-electron chi connectivity index (χ2n) is 3.91. The van der Waals surface area contributed by atoms with Crippen molar-refractivity contribution in [2.24, 2.45) is 11.8 Å². The van der Waals surface area contributed by atoms with E-state index in [1.807, 2.05) is 6.07 Å². The highest BCUT2D eigenvalue weighted by Gasteiger charge is 2.28. The maximum Gasteiger partial charge on any atom is 0.142 e. The van der Waals surface area contributed by atoms with E-state index >= 15 is 0 Å². The van der Waals surface area contributed by atoms with E-state index in [0.29, 0.717) is 16.6 Å². The normalized spacial score (nSPS) is 22.3. The number of ether oxygens (including phenoxy) is 1. The Bertz CT molecular complexity index is 369. The van der Waals surface area contributed by atoms with Crippen LogP contribution in [-0.4, -0.2) is 13.2 Å². The molecule has 0 amide bonds. The van der Waals surface area contributed by atoms with Crippen LogP contribution in [0, 0.1) is 11.7 Å². The first-order valence-electron chi connectivity index (χ1n) is 5.22. The Morgan fingerprint density at radius 3 is 3.00 bits per heavy atom. The molecule has 1 aliphatic rings. The molecule has 0 radical (unpaired) electrons. The summed E-state index contributed by atoms with van der Waals surface area (Å²) in [5, 5.41) is 0. The quantitative estimate of drug-likeness (QED) is 0.662. The van der Waals surface area contributed by atoms with E-state index in [4.69, 9.17) is 10.6 Å². The van der Waals surface area contributed by atoms with Crippen molar-refractivity contribution < 1.29 is 9.13 Å². The summed E-state index contributed by atoms with van der Waals surface area (Å²) >= 11 is 3.18. The van der Waals surface area contributed by atoms with Gasteiger partial charge in [-0.25, -0.2) is 4.39 Å². The minimum atomic E-state index is -0.252. The average molecular weight is 289 g/mol. The zero-order valence-corrected chi connectivity index (χ0v) is 10.3. The summed E-state index contributed by atoms with van der Waals surface area (Å²) in [6.07, 6.45) is 0.904. The molecule has 0 aromatic heterocycles. The third-order valence-corrected chi connectivity index (χ3v) is 3.54. The van der Waals surface area contributed by atoms with Crippen molar-refractivity contribution in [3.8, 4) is 0 Å². The van der Waals surface area contributed by atoms with Gasteiger partial charge in [0.15, 0.2) is 0 Å². The highest BCUT2D eigenvalue weighted by molar-refractivity contribution is 9.10. The van der Waals surface area contributed by atoms with Gasteiger partial charge in [-0.2, -0.15) is 0 Å². The first-order valence-corrected chi connectivity index (χ1v) is 6.01. The second-order valence-corrected chi connectivity index (χ2v) is 4.77. The van der Waals surface area contributed by atoms with Gasteiger partial charge in [-0.1, -0.05) is 12.1 Å². The lowest BCUT2D eigenvalue weighted by Crippen LogP contribution is -2.34. The number of hydrazine groups is 1. The van der Waals surface area contributed by atoms with Crippen LogP contribution in [0.15, 0.2) is 22.7 Å². The van der Waals surface area contributed by atoms with Crippen LogP contribution in [0.2, 0.25) is 0 Å². The maximum absolute atomic E-state index is 13.9. The fraction of sp³-hybridized carbons (Fsp3) is 0.455. The van der Waals surface area contributed by atoms with Gasteiger partial charge in [0.2, 0.25) is 0 Å². The third-order valence-electron chi connectivity index (χ3n) is 2.93. The fourth-order valence-corrected chi connectivity index (χ4v) is 2.44. The van der Waals surface area contributed by atoms with E-state index in [9.17, 15) is 4.39 Å². The summed E-state index contributed by atoms with van der Waals surface area (Å²) in [6, 6.07) is 5.04. The molecule has 16 heavy (non-hydrogen) atoms. The van der Waals surface area contributed by atoms with Crippen LogP contribution in [0.25, 0.3) is 0 Å². The highest BCUT2D eigenvalue weighted by Crippen LogP contribution is 2.31. The Balaban J connectivity index is 2.28. The minimum Gasteiger partial charge on any atom is -0.381 e. The van der Waals surface area contributed by atoms with E-state index in [2.05, 4.69) is 21.4 Å². The predicted molar refractivity (Wildman–Crippen MR) is 63.1 cm³/mol. The van der Waals surface area contributed by atoms with Crippen LogP contribution in [0.3, 0.4) is 0 Å². The van der Waals surface area contributed by atoms with Crippen LogP contribution in [-0.2, 0) is 4.74 Å². The van der Waals surface area contributed by atoms with Gasteiger partial charge in [0.1, 0.15) is 5.82 Å². The maximum atomic E-state index is 13.9. The van der Waals surface area contributed by atoms with Crippen LogP contribution in [0.4, 0.5) is 4.39 Å².